The first-order valence-electron chi connectivity index (χ1n) is 10.4. The highest BCUT2D eigenvalue weighted by Gasteiger charge is 2.16. The van der Waals surface area contributed by atoms with Gasteiger partial charge in [0.05, 0.1) is 11.6 Å². The molecule has 0 aliphatic rings. The van der Waals surface area contributed by atoms with Gasteiger partial charge in [0.1, 0.15) is 0 Å². The van der Waals surface area contributed by atoms with E-state index in [1.807, 2.05) is 56.6 Å². The van der Waals surface area contributed by atoms with Crippen LogP contribution in [0.15, 0.2) is 66.7 Å². The van der Waals surface area contributed by atoms with Gasteiger partial charge < -0.3 is 10.2 Å². The summed E-state index contributed by atoms with van der Waals surface area (Å²) in [4.78, 5) is 14.5. The maximum atomic E-state index is 13.5. The molecule has 1 amide bonds. The molecule has 0 saturated heterocycles. The Bertz CT molecular complexity index is 1120. The fourth-order valence-corrected chi connectivity index (χ4v) is 3.47. The average molecular weight is 434 g/mol. The molecule has 3 aromatic rings. The third-order valence-electron chi connectivity index (χ3n) is 5.32. The molecule has 1 unspecified atom stereocenters. The highest BCUT2D eigenvalue weighted by molar-refractivity contribution is 5.94. The predicted molar refractivity (Wildman–Crippen MR) is 121 cm³/mol. The topological polar surface area (TPSA) is 56.1 Å². The normalized spacial score (nSPS) is 11.8. The van der Waals surface area contributed by atoms with Crippen molar-refractivity contribution in [1.29, 1.82) is 5.26 Å². The Morgan fingerprint density at radius 3 is 2.41 bits per heavy atom. The number of carbonyl (C=O) groups is 1. The summed E-state index contributed by atoms with van der Waals surface area (Å²) in [6.45, 7) is 1.20. The molecule has 1 atom stereocenters. The van der Waals surface area contributed by atoms with Crippen molar-refractivity contribution in [2.24, 2.45) is 0 Å². The zero-order valence-electron chi connectivity index (χ0n) is 18.1. The van der Waals surface area contributed by atoms with Gasteiger partial charge in [0.15, 0.2) is 11.6 Å². The van der Waals surface area contributed by atoms with E-state index in [0.29, 0.717) is 12.1 Å². The van der Waals surface area contributed by atoms with Crippen LogP contribution in [0.25, 0.3) is 11.1 Å². The van der Waals surface area contributed by atoms with E-state index in [2.05, 4.69) is 16.3 Å². The lowest BCUT2D eigenvalue weighted by molar-refractivity contribution is 0.0949. The molecule has 0 spiro atoms. The van der Waals surface area contributed by atoms with E-state index in [1.54, 1.807) is 6.07 Å². The standard InChI is InChI=1S/C26H25F2N3O/c1-31(2)13-12-23(17-30-26(32)22-10-11-24(27)25(28)15-22)20-8-6-19(7-9-20)21-5-3-4-18(14-21)16-29/h3-11,14-15,23H,12-13,17H2,1-2H3,(H,30,32). The van der Waals surface area contributed by atoms with Gasteiger partial charge in [0.25, 0.3) is 5.91 Å². The summed E-state index contributed by atoms with van der Waals surface area (Å²) < 4.78 is 26.6. The third kappa shape index (κ3) is 5.99. The molecule has 164 valence electrons. The first-order chi connectivity index (χ1) is 15.4. The van der Waals surface area contributed by atoms with Crippen molar-refractivity contribution in [2.45, 2.75) is 12.3 Å². The fourth-order valence-electron chi connectivity index (χ4n) is 3.47. The van der Waals surface area contributed by atoms with E-state index < -0.39 is 17.5 Å². The number of hydrogen-bond donors (Lipinski definition) is 1. The number of nitrogens with zero attached hydrogens (tertiary/aromatic N) is 2. The zero-order valence-corrected chi connectivity index (χ0v) is 18.1. The van der Waals surface area contributed by atoms with Crippen LogP contribution < -0.4 is 5.32 Å². The minimum absolute atomic E-state index is 0.0474. The van der Waals surface area contributed by atoms with Crippen molar-refractivity contribution >= 4 is 5.91 Å². The lowest BCUT2D eigenvalue weighted by Gasteiger charge is -2.21. The predicted octanol–water partition coefficient (Wildman–Crippen LogP) is 4.97. The van der Waals surface area contributed by atoms with E-state index in [4.69, 9.17) is 5.26 Å². The van der Waals surface area contributed by atoms with E-state index >= 15 is 0 Å². The smallest absolute Gasteiger partial charge is 0.251 e. The second kappa shape index (κ2) is 10.7. The van der Waals surface area contributed by atoms with Gasteiger partial charge in [0.2, 0.25) is 0 Å². The van der Waals surface area contributed by atoms with Gasteiger partial charge in [-0.25, -0.2) is 8.78 Å². The summed E-state index contributed by atoms with van der Waals surface area (Å²) in [6.07, 6.45) is 0.814. The number of hydrogen-bond acceptors (Lipinski definition) is 3. The molecule has 0 saturated carbocycles. The molecule has 0 fully saturated rings. The molecule has 0 aliphatic carbocycles. The molecule has 0 radical (unpaired) electrons. The van der Waals surface area contributed by atoms with Crippen molar-refractivity contribution in [3.05, 3.63) is 95.1 Å². The van der Waals surface area contributed by atoms with Crippen LogP contribution in [0, 0.1) is 23.0 Å². The summed E-state index contributed by atoms with van der Waals surface area (Å²) in [5.41, 5.74) is 3.73. The van der Waals surface area contributed by atoms with Crippen molar-refractivity contribution in [2.75, 3.05) is 27.2 Å². The van der Waals surface area contributed by atoms with Crippen LogP contribution in [0.4, 0.5) is 8.78 Å². The number of nitriles is 1. The highest BCUT2D eigenvalue weighted by Crippen LogP contribution is 2.25. The number of benzene rings is 3. The second-order valence-electron chi connectivity index (χ2n) is 7.94. The number of amides is 1. The third-order valence-corrected chi connectivity index (χ3v) is 5.32. The Balaban J connectivity index is 1.75. The molecule has 3 rings (SSSR count). The van der Waals surface area contributed by atoms with Crippen LogP contribution in [-0.4, -0.2) is 38.0 Å². The van der Waals surface area contributed by atoms with Crippen LogP contribution in [0.2, 0.25) is 0 Å². The largest absolute Gasteiger partial charge is 0.351 e. The lowest BCUT2D eigenvalue weighted by Crippen LogP contribution is -2.30. The van der Waals surface area contributed by atoms with Gasteiger partial charge in [0, 0.05) is 18.0 Å². The summed E-state index contributed by atoms with van der Waals surface area (Å²) in [7, 11) is 3.98. The molecular weight excluding hydrogens is 408 g/mol. The highest BCUT2D eigenvalue weighted by atomic mass is 19.2. The molecule has 4 nitrogen and oxygen atoms in total. The van der Waals surface area contributed by atoms with Crippen LogP contribution in [0.5, 0.6) is 0 Å². The summed E-state index contributed by atoms with van der Waals surface area (Å²) in [6, 6.07) is 20.8. The van der Waals surface area contributed by atoms with E-state index in [-0.39, 0.29) is 11.5 Å². The van der Waals surface area contributed by atoms with Crippen molar-refractivity contribution in [3.63, 3.8) is 0 Å². The van der Waals surface area contributed by atoms with Crippen LogP contribution >= 0.6 is 0 Å². The van der Waals surface area contributed by atoms with Crippen molar-refractivity contribution in [3.8, 4) is 17.2 Å². The summed E-state index contributed by atoms with van der Waals surface area (Å²) in [5, 5.41) is 12.0. The first kappa shape index (κ1) is 23.1. The molecule has 6 heteroatoms. The average Bonchev–Trinajstić information content (AvgIpc) is 2.80. The molecule has 32 heavy (non-hydrogen) atoms. The molecular formula is C26H25F2N3O. The number of halogens is 2. The summed E-state index contributed by atoms with van der Waals surface area (Å²) >= 11 is 0. The van der Waals surface area contributed by atoms with Crippen LogP contribution in [0.3, 0.4) is 0 Å². The quantitative estimate of drug-likeness (QED) is 0.546. The Hall–Kier alpha value is -3.56. The SMILES string of the molecule is CN(C)CCC(CNC(=O)c1ccc(F)c(F)c1)c1ccc(-c2cccc(C#N)c2)cc1. The van der Waals surface area contributed by atoms with Crippen molar-refractivity contribution < 1.29 is 13.6 Å². The second-order valence-corrected chi connectivity index (χ2v) is 7.94. The summed E-state index contributed by atoms with van der Waals surface area (Å²) in [5.74, 6) is -2.42. The van der Waals surface area contributed by atoms with Gasteiger partial charge in [-0.05, 0) is 74.1 Å². The molecule has 3 aromatic carbocycles. The van der Waals surface area contributed by atoms with Crippen LogP contribution in [0.1, 0.15) is 33.8 Å². The van der Waals surface area contributed by atoms with Crippen LogP contribution in [-0.2, 0) is 0 Å². The zero-order chi connectivity index (χ0) is 23.1. The minimum Gasteiger partial charge on any atom is -0.351 e. The Morgan fingerprint density at radius 2 is 1.75 bits per heavy atom. The fraction of sp³-hybridized carbons (Fsp3) is 0.231. The molecule has 0 bridgehead atoms. The molecule has 1 N–H and O–H groups in total. The van der Waals surface area contributed by atoms with Gasteiger partial charge in [-0.2, -0.15) is 5.26 Å². The lowest BCUT2D eigenvalue weighted by atomic mass is 9.93. The Morgan fingerprint density at radius 1 is 1.00 bits per heavy atom. The maximum absolute atomic E-state index is 13.5. The van der Waals surface area contributed by atoms with Gasteiger partial charge in [-0.1, -0.05) is 36.4 Å². The number of rotatable bonds is 8. The Labute approximate surface area is 187 Å². The number of carbonyl (C=O) groups excluding carboxylic acids is 1. The monoisotopic (exact) mass is 433 g/mol. The molecule has 0 aromatic heterocycles. The Kier molecular flexibility index (Phi) is 7.69. The van der Waals surface area contributed by atoms with Crippen molar-refractivity contribution in [1.82, 2.24) is 10.2 Å². The maximum Gasteiger partial charge on any atom is 0.251 e. The van der Waals surface area contributed by atoms with Gasteiger partial charge >= 0.3 is 0 Å². The first-order valence-corrected chi connectivity index (χ1v) is 10.4. The molecule has 0 aliphatic heterocycles. The van der Waals surface area contributed by atoms with E-state index in [0.717, 1.165) is 41.8 Å². The minimum atomic E-state index is -1.04. The molecule has 0 heterocycles. The van der Waals surface area contributed by atoms with E-state index in [9.17, 15) is 13.6 Å². The van der Waals surface area contributed by atoms with Gasteiger partial charge in [-0.3, -0.25) is 4.79 Å². The number of nitrogens with one attached hydrogen (secondary N) is 1. The van der Waals surface area contributed by atoms with E-state index in [1.165, 1.54) is 6.07 Å². The van der Waals surface area contributed by atoms with Gasteiger partial charge in [-0.15, -0.1) is 0 Å².